The predicted molar refractivity (Wildman–Crippen MR) is 82.4 cm³/mol. The van der Waals surface area contributed by atoms with Crippen LogP contribution in [0.4, 0.5) is 5.69 Å². The predicted octanol–water partition coefficient (Wildman–Crippen LogP) is 0.828. The lowest BCUT2D eigenvalue weighted by atomic mass is 9.98. The van der Waals surface area contributed by atoms with E-state index in [1.807, 2.05) is 0 Å². The molecule has 0 radical (unpaired) electrons. The van der Waals surface area contributed by atoms with Gasteiger partial charge in [0.2, 0.25) is 6.29 Å². The van der Waals surface area contributed by atoms with Crippen LogP contribution in [-0.2, 0) is 23.7 Å². The molecule has 0 saturated carbocycles. The van der Waals surface area contributed by atoms with Crippen LogP contribution in [0.5, 0.6) is 5.75 Å². The van der Waals surface area contributed by atoms with Crippen molar-refractivity contribution in [1.82, 2.24) is 0 Å². The van der Waals surface area contributed by atoms with Gasteiger partial charge in [0, 0.05) is 33.5 Å². The van der Waals surface area contributed by atoms with E-state index in [2.05, 4.69) is 0 Å². The highest BCUT2D eigenvalue weighted by Gasteiger charge is 2.51. The van der Waals surface area contributed by atoms with Crippen LogP contribution in [0.3, 0.4) is 0 Å². The molecule has 1 N–H and O–H groups in total. The molecule has 0 bridgehead atoms. The highest BCUT2D eigenvalue weighted by molar-refractivity contribution is 5.73. The molecule has 0 spiro atoms. The molecular weight excluding hydrogens is 338 g/mol. The van der Waals surface area contributed by atoms with Crippen molar-refractivity contribution in [3.05, 3.63) is 34.4 Å². The van der Waals surface area contributed by atoms with Gasteiger partial charge in [-0.15, -0.1) is 0 Å². The van der Waals surface area contributed by atoms with E-state index in [4.69, 9.17) is 23.7 Å². The van der Waals surface area contributed by atoms with Gasteiger partial charge >= 0.3 is 5.97 Å². The SMILES string of the molecule is CO[C@@H]1[C@@H](OC)[C@H](Oc2ccc([N+](=O)[O-])cc2)O[C@H](C(=O)O)[C@H]1OC. The molecule has 1 saturated heterocycles. The second kappa shape index (κ2) is 8.21. The molecule has 0 amide bonds. The molecule has 25 heavy (non-hydrogen) atoms. The van der Waals surface area contributed by atoms with Gasteiger partial charge in [-0.25, -0.2) is 4.79 Å². The number of methoxy groups -OCH3 is 3. The molecule has 5 atom stereocenters. The van der Waals surface area contributed by atoms with Crippen LogP contribution in [-0.4, -0.2) is 68.0 Å². The summed E-state index contributed by atoms with van der Waals surface area (Å²) in [6.45, 7) is 0. The maximum atomic E-state index is 11.5. The number of carboxylic acids is 1. The molecular formula is C15H19NO9. The Bertz CT molecular complexity index is 606. The fourth-order valence-corrected chi connectivity index (χ4v) is 2.66. The summed E-state index contributed by atoms with van der Waals surface area (Å²) in [6.07, 6.45) is -4.87. The fraction of sp³-hybridized carbons (Fsp3) is 0.533. The molecule has 1 aliphatic heterocycles. The summed E-state index contributed by atoms with van der Waals surface area (Å²) in [4.78, 5) is 21.6. The van der Waals surface area contributed by atoms with E-state index in [9.17, 15) is 20.0 Å². The van der Waals surface area contributed by atoms with Crippen LogP contribution < -0.4 is 4.74 Å². The van der Waals surface area contributed by atoms with E-state index < -0.39 is 41.6 Å². The van der Waals surface area contributed by atoms with Gasteiger partial charge in [0.15, 0.2) is 6.10 Å². The zero-order chi connectivity index (χ0) is 18.6. The highest BCUT2D eigenvalue weighted by Crippen LogP contribution is 2.29. The van der Waals surface area contributed by atoms with Crippen molar-refractivity contribution in [3.63, 3.8) is 0 Å². The van der Waals surface area contributed by atoms with Gasteiger partial charge in [-0.2, -0.15) is 0 Å². The van der Waals surface area contributed by atoms with Crippen molar-refractivity contribution in [2.75, 3.05) is 21.3 Å². The Morgan fingerprint density at radius 2 is 1.64 bits per heavy atom. The van der Waals surface area contributed by atoms with Gasteiger partial charge < -0.3 is 28.8 Å². The molecule has 1 fully saturated rings. The van der Waals surface area contributed by atoms with Crippen LogP contribution in [0.15, 0.2) is 24.3 Å². The molecule has 1 aromatic rings. The average molecular weight is 357 g/mol. The number of hydrogen-bond acceptors (Lipinski definition) is 8. The maximum absolute atomic E-state index is 11.5. The highest BCUT2D eigenvalue weighted by atomic mass is 16.7. The minimum absolute atomic E-state index is 0.0992. The second-order valence-corrected chi connectivity index (χ2v) is 5.23. The molecule has 1 aliphatic rings. The Labute approximate surface area is 143 Å². The number of carboxylic acid groups (broad SMARTS) is 1. The lowest BCUT2D eigenvalue weighted by Gasteiger charge is -2.42. The number of rotatable bonds is 7. The van der Waals surface area contributed by atoms with E-state index in [0.29, 0.717) is 0 Å². The van der Waals surface area contributed by atoms with Gasteiger partial charge in [0.1, 0.15) is 24.1 Å². The van der Waals surface area contributed by atoms with Crippen LogP contribution in [0.2, 0.25) is 0 Å². The van der Waals surface area contributed by atoms with Crippen LogP contribution in [0.1, 0.15) is 0 Å². The van der Waals surface area contributed by atoms with Gasteiger partial charge in [-0.3, -0.25) is 10.1 Å². The number of non-ortho nitro benzene ring substituents is 1. The first kappa shape index (κ1) is 19.1. The summed E-state index contributed by atoms with van der Waals surface area (Å²) < 4.78 is 27.0. The third kappa shape index (κ3) is 4.04. The third-order valence-corrected chi connectivity index (χ3v) is 3.85. The largest absolute Gasteiger partial charge is 0.479 e. The van der Waals surface area contributed by atoms with Crippen LogP contribution in [0, 0.1) is 10.1 Å². The number of aliphatic carboxylic acids is 1. The van der Waals surface area contributed by atoms with E-state index in [0.717, 1.165) is 0 Å². The minimum Gasteiger partial charge on any atom is -0.479 e. The first-order valence-corrected chi connectivity index (χ1v) is 7.30. The van der Waals surface area contributed by atoms with E-state index in [1.54, 1.807) is 0 Å². The summed E-state index contributed by atoms with van der Waals surface area (Å²) in [5.41, 5.74) is -0.0992. The standard InChI is InChI=1S/C15H19NO9/c1-21-10-11(22-2)13(23-3)15(25-12(10)14(17)18)24-9-6-4-8(5-7-9)16(19)20/h4-7,10-13,15H,1-3H3,(H,17,18)/t10-,11-,12-,13+,15+/m0/s1. The normalized spacial score (nSPS) is 29.2. The average Bonchev–Trinajstić information content (AvgIpc) is 2.60. The molecule has 0 unspecified atom stereocenters. The Morgan fingerprint density at radius 3 is 2.08 bits per heavy atom. The van der Waals surface area contributed by atoms with Gasteiger partial charge in [0.25, 0.3) is 5.69 Å². The zero-order valence-corrected chi connectivity index (χ0v) is 13.9. The summed E-state index contributed by atoms with van der Waals surface area (Å²) in [5.74, 6) is -0.978. The maximum Gasteiger partial charge on any atom is 0.335 e. The van der Waals surface area contributed by atoms with Crippen molar-refractivity contribution in [2.45, 2.75) is 30.7 Å². The lowest BCUT2D eigenvalue weighted by Crippen LogP contribution is -2.62. The number of benzene rings is 1. The zero-order valence-electron chi connectivity index (χ0n) is 13.9. The number of nitro groups is 1. The molecule has 10 heteroatoms. The molecule has 138 valence electrons. The Hall–Kier alpha value is -2.27. The number of nitrogens with zero attached hydrogens (tertiary/aromatic N) is 1. The number of hydrogen-bond donors (Lipinski definition) is 1. The molecule has 1 heterocycles. The third-order valence-electron chi connectivity index (χ3n) is 3.85. The molecule has 2 rings (SSSR count). The fourth-order valence-electron chi connectivity index (χ4n) is 2.66. The molecule has 0 aromatic heterocycles. The number of carbonyl (C=O) groups is 1. The monoisotopic (exact) mass is 357 g/mol. The van der Waals surface area contributed by atoms with Gasteiger partial charge in [-0.05, 0) is 12.1 Å². The Morgan fingerprint density at radius 1 is 1.08 bits per heavy atom. The van der Waals surface area contributed by atoms with E-state index >= 15 is 0 Å². The lowest BCUT2D eigenvalue weighted by molar-refractivity contribution is -0.384. The Kier molecular flexibility index (Phi) is 6.26. The van der Waals surface area contributed by atoms with Crippen molar-refractivity contribution in [1.29, 1.82) is 0 Å². The number of nitro benzene ring substituents is 1. The van der Waals surface area contributed by atoms with Crippen molar-refractivity contribution < 1.29 is 38.5 Å². The second-order valence-electron chi connectivity index (χ2n) is 5.23. The van der Waals surface area contributed by atoms with Gasteiger partial charge in [0.05, 0.1) is 4.92 Å². The molecule has 0 aliphatic carbocycles. The first-order chi connectivity index (χ1) is 11.9. The Balaban J connectivity index is 2.24. The molecule has 10 nitrogen and oxygen atoms in total. The summed E-state index contributed by atoms with van der Waals surface area (Å²) in [7, 11) is 4.15. The van der Waals surface area contributed by atoms with Crippen molar-refractivity contribution in [2.24, 2.45) is 0 Å². The summed E-state index contributed by atoms with van der Waals surface area (Å²) >= 11 is 0. The van der Waals surface area contributed by atoms with E-state index in [1.165, 1.54) is 45.6 Å². The van der Waals surface area contributed by atoms with E-state index in [-0.39, 0.29) is 11.4 Å². The number of ether oxygens (including phenoxy) is 5. The summed E-state index contributed by atoms with van der Waals surface area (Å²) in [6, 6.07) is 5.29. The molecule has 1 aromatic carbocycles. The smallest absolute Gasteiger partial charge is 0.335 e. The quantitative estimate of drug-likeness (QED) is 0.557. The van der Waals surface area contributed by atoms with Crippen molar-refractivity contribution in [3.8, 4) is 5.75 Å². The topological polar surface area (TPSA) is 127 Å². The van der Waals surface area contributed by atoms with Crippen LogP contribution in [0.25, 0.3) is 0 Å². The first-order valence-electron chi connectivity index (χ1n) is 7.30. The van der Waals surface area contributed by atoms with Gasteiger partial charge in [-0.1, -0.05) is 0 Å². The minimum atomic E-state index is -1.33. The van der Waals surface area contributed by atoms with Crippen molar-refractivity contribution >= 4 is 11.7 Å². The summed E-state index contributed by atoms with van der Waals surface area (Å²) in [5, 5.41) is 20.1. The van der Waals surface area contributed by atoms with Crippen LogP contribution >= 0.6 is 0 Å².